The van der Waals surface area contributed by atoms with Crippen LogP contribution < -0.4 is 11.1 Å². The summed E-state index contributed by atoms with van der Waals surface area (Å²) in [5.74, 6) is -0.603. The van der Waals surface area contributed by atoms with Crippen LogP contribution in [0.2, 0.25) is 5.02 Å². The lowest BCUT2D eigenvalue weighted by Crippen LogP contribution is -2.42. The maximum absolute atomic E-state index is 12.9. The number of halogens is 2. The van der Waals surface area contributed by atoms with Crippen molar-refractivity contribution in [2.45, 2.75) is 18.9 Å². The van der Waals surface area contributed by atoms with E-state index in [1.54, 1.807) is 0 Å². The zero-order valence-corrected chi connectivity index (χ0v) is 9.30. The molecule has 0 aliphatic heterocycles. The highest BCUT2D eigenvalue weighted by atomic mass is 35.5. The molecule has 0 radical (unpaired) electrons. The highest BCUT2D eigenvalue weighted by molar-refractivity contribution is 6.31. The van der Waals surface area contributed by atoms with E-state index in [-0.39, 0.29) is 22.9 Å². The van der Waals surface area contributed by atoms with Crippen molar-refractivity contribution in [3.63, 3.8) is 0 Å². The van der Waals surface area contributed by atoms with Crippen LogP contribution in [0.1, 0.15) is 12.8 Å². The molecule has 86 valence electrons. The molecule has 3 N–H and O–H groups in total. The lowest BCUT2D eigenvalue weighted by Gasteiger charge is -2.31. The van der Waals surface area contributed by atoms with E-state index in [1.165, 1.54) is 18.2 Å². The average molecular weight is 243 g/mol. The fourth-order valence-corrected chi connectivity index (χ4v) is 1.87. The third-order valence-electron chi connectivity index (χ3n) is 2.73. The molecule has 0 spiro atoms. The van der Waals surface area contributed by atoms with Gasteiger partial charge in [0.1, 0.15) is 5.82 Å². The SMILES string of the molecule is NC1CC(C(=O)Nc2ccc(F)c(Cl)c2)C1. The molecule has 0 bridgehead atoms. The second kappa shape index (κ2) is 4.39. The number of hydrogen-bond donors (Lipinski definition) is 2. The summed E-state index contributed by atoms with van der Waals surface area (Å²) in [7, 11) is 0. The average Bonchev–Trinajstić information content (AvgIpc) is 2.19. The molecule has 0 heterocycles. The van der Waals surface area contributed by atoms with E-state index in [2.05, 4.69) is 5.32 Å². The standard InChI is InChI=1S/C11H12ClFN2O/c12-9-5-8(1-2-10(9)13)15-11(16)6-3-7(14)4-6/h1-2,5-7H,3-4,14H2,(H,15,16). The predicted octanol–water partition coefficient (Wildman–Crippen LogP) is 2.15. The normalized spacial score (nSPS) is 23.7. The lowest BCUT2D eigenvalue weighted by molar-refractivity contribution is -0.122. The van der Waals surface area contributed by atoms with Crippen molar-refractivity contribution in [3.05, 3.63) is 29.0 Å². The molecule has 0 unspecified atom stereocenters. The third kappa shape index (κ3) is 2.33. The van der Waals surface area contributed by atoms with E-state index >= 15 is 0 Å². The molecular formula is C11H12ClFN2O. The minimum Gasteiger partial charge on any atom is -0.328 e. The van der Waals surface area contributed by atoms with E-state index in [4.69, 9.17) is 17.3 Å². The molecule has 1 amide bonds. The molecule has 1 fully saturated rings. The van der Waals surface area contributed by atoms with Gasteiger partial charge in [0.05, 0.1) is 5.02 Å². The molecule has 1 saturated carbocycles. The first kappa shape index (κ1) is 11.4. The van der Waals surface area contributed by atoms with Crippen molar-refractivity contribution in [1.29, 1.82) is 0 Å². The van der Waals surface area contributed by atoms with Crippen LogP contribution in [-0.4, -0.2) is 11.9 Å². The maximum atomic E-state index is 12.9. The lowest BCUT2D eigenvalue weighted by atomic mass is 9.80. The summed E-state index contributed by atoms with van der Waals surface area (Å²) in [6.45, 7) is 0. The Hall–Kier alpha value is -1.13. The van der Waals surface area contributed by atoms with Crippen LogP contribution in [0.4, 0.5) is 10.1 Å². The largest absolute Gasteiger partial charge is 0.328 e. The first-order valence-corrected chi connectivity index (χ1v) is 5.45. The minimum absolute atomic E-state index is 0.00288. The Morgan fingerprint density at radius 1 is 1.50 bits per heavy atom. The Kier molecular flexibility index (Phi) is 3.12. The summed E-state index contributed by atoms with van der Waals surface area (Å²) in [5.41, 5.74) is 6.10. The monoisotopic (exact) mass is 242 g/mol. The quantitative estimate of drug-likeness (QED) is 0.835. The number of nitrogens with one attached hydrogen (secondary N) is 1. The molecule has 1 aliphatic carbocycles. The highest BCUT2D eigenvalue weighted by Crippen LogP contribution is 2.27. The number of nitrogens with two attached hydrogens (primary N) is 1. The highest BCUT2D eigenvalue weighted by Gasteiger charge is 2.31. The van der Waals surface area contributed by atoms with Gasteiger partial charge in [-0.15, -0.1) is 0 Å². The molecule has 0 aromatic heterocycles. The zero-order chi connectivity index (χ0) is 11.7. The van der Waals surface area contributed by atoms with Gasteiger partial charge in [0.25, 0.3) is 0 Å². The van der Waals surface area contributed by atoms with Crippen molar-refractivity contribution in [2.24, 2.45) is 11.7 Å². The van der Waals surface area contributed by atoms with Crippen LogP contribution in [0, 0.1) is 11.7 Å². The van der Waals surface area contributed by atoms with Gasteiger partial charge in [-0.2, -0.15) is 0 Å². The Morgan fingerprint density at radius 2 is 2.19 bits per heavy atom. The van der Waals surface area contributed by atoms with Crippen LogP contribution in [0.5, 0.6) is 0 Å². The number of hydrogen-bond acceptors (Lipinski definition) is 2. The van der Waals surface area contributed by atoms with Crippen LogP contribution in [0.3, 0.4) is 0 Å². The van der Waals surface area contributed by atoms with Crippen LogP contribution in [0.15, 0.2) is 18.2 Å². The molecule has 0 saturated heterocycles. The first-order chi connectivity index (χ1) is 7.56. The van der Waals surface area contributed by atoms with Gasteiger partial charge in [0.15, 0.2) is 0 Å². The molecule has 3 nitrogen and oxygen atoms in total. The van der Waals surface area contributed by atoms with E-state index in [1.807, 2.05) is 0 Å². The van der Waals surface area contributed by atoms with E-state index in [0.29, 0.717) is 18.5 Å². The minimum atomic E-state index is -0.495. The Bertz CT molecular complexity index is 418. The van der Waals surface area contributed by atoms with Crippen molar-refractivity contribution in [2.75, 3.05) is 5.32 Å². The van der Waals surface area contributed by atoms with Gasteiger partial charge in [-0.1, -0.05) is 11.6 Å². The smallest absolute Gasteiger partial charge is 0.227 e. The fourth-order valence-electron chi connectivity index (χ4n) is 1.69. The van der Waals surface area contributed by atoms with Gasteiger partial charge in [-0.25, -0.2) is 4.39 Å². The Balaban J connectivity index is 1.98. The van der Waals surface area contributed by atoms with Crippen molar-refractivity contribution >= 4 is 23.2 Å². The van der Waals surface area contributed by atoms with E-state index in [9.17, 15) is 9.18 Å². The van der Waals surface area contributed by atoms with Gasteiger partial charge in [-0.3, -0.25) is 4.79 Å². The summed E-state index contributed by atoms with van der Waals surface area (Å²) < 4.78 is 12.9. The number of carbonyl (C=O) groups excluding carboxylic acids is 1. The molecule has 1 aromatic rings. The summed E-state index contributed by atoms with van der Waals surface area (Å²) in [5, 5.41) is 2.69. The van der Waals surface area contributed by atoms with Gasteiger partial charge in [0.2, 0.25) is 5.91 Å². The number of anilines is 1. The number of carbonyl (C=O) groups is 1. The number of amides is 1. The third-order valence-corrected chi connectivity index (χ3v) is 3.02. The summed E-state index contributed by atoms with van der Waals surface area (Å²) in [4.78, 5) is 11.6. The number of rotatable bonds is 2. The summed E-state index contributed by atoms with van der Waals surface area (Å²) in [6, 6.07) is 4.24. The zero-order valence-electron chi connectivity index (χ0n) is 8.54. The molecular weight excluding hydrogens is 231 g/mol. The van der Waals surface area contributed by atoms with Gasteiger partial charge in [0, 0.05) is 17.6 Å². The van der Waals surface area contributed by atoms with Crippen molar-refractivity contribution in [1.82, 2.24) is 0 Å². The number of benzene rings is 1. The molecule has 5 heteroatoms. The second-order valence-corrected chi connectivity index (χ2v) is 4.45. The predicted molar refractivity (Wildman–Crippen MR) is 60.7 cm³/mol. The van der Waals surface area contributed by atoms with Gasteiger partial charge in [-0.05, 0) is 31.0 Å². The van der Waals surface area contributed by atoms with Gasteiger partial charge < -0.3 is 11.1 Å². The molecule has 0 atom stereocenters. The maximum Gasteiger partial charge on any atom is 0.227 e. The van der Waals surface area contributed by atoms with Crippen molar-refractivity contribution in [3.8, 4) is 0 Å². The Labute approximate surface area is 97.8 Å². The molecule has 16 heavy (non-hydrogen) atoms. The van der Waals surface area contributed by atoms with Crippen LogP contribution >= 0.6 is 11.6 Å². The van der Waals surface area contributed by atoms with E-state index in [0.717, 1.165) is 0 Å². The molecule has 1 aliphatic rings. The molecule has 2 rings (SSSR count). The Morgan fingerprint density at radius 3 is 2.75 bits per heavy atom. The van der Waals surface area contributed by atoms with Crippen LogP contribution in [0.25, 0.3) is 0 Å². The summed E-state index contributed by atoms with van der Waals surface area (Å²) >= 11 is 5.60. The fraction of sp³-hybridized carbons (Fsp3) is 0.364. The van der Waals surface area contributed by atoms with Gasteiger partial charge >= 0.3 is 0 Å². The van der Waals surface area contributed by atoms with E-state index < -0.39 is 5.82 Å². The topological polar surface area (TPSA) is 55.1 Å². The molecule has 1 aromatic carbocycles. The first-order valence-electron chi connectivity index (χ1n) is 5.08. The van der Waals surface area contributed by atoms with Crippen molar-refractivity contribution < 1.29 is 9.18 Å². The van der Waals surface area contributed by atoms with Crippen LogP contribution in [-0.2, 0) is 4.79 Å². The second-order valence-electron chi connectivity index (χ2n) is 4.05. The summed E-state index contributed by atoms with van der Waals surface area (Å²) in [6.07, 6.45) is 1.42.